The van der Waals surface area contributed by atoms with Crippen molar-refractivity contribution in [1.82, 2.24) is 16.0 Å². The van der Waals surface area contributed by atoms with Gasteiger partial charge in [0, 0.05) is 31.4 Å². The SMILES string of the molecule is C#Cc1cccc(NC(=O)CNC(=NC)NCCCNC(=O)OC(C)(C)C)c1. The molecular weight excluding hydrogens is 358 g/mol. The summed E-state index contributed by atoms with van der Waals surface area (Å²) in [6, 6.07) is 7.06. The second kappa shape index (κ2) is 11.5. The fourth-order valence-electron chi connectivity index (χ4n) is 2.08. The molecule has 2 amide bonds. The minimum Gasteiger partial charge on any atom is -0.444 e. The van der Waals surface area contributed by atoms with E-state index < -0.39 is 11.7 Å². The monoisotopic (exact) mass is 387 g/mol. The summed E-state index contributed by atoms with van der Waals surface area (Å²) >= 11 is 0. The molecule has 1 rings (SSSR count). The van der Waals surface area contributed by atoms with Crippen LogP contribution in [0.25, 0.3) is 0 Å². The molecule has 0 atom stereocenters. The van der Waals surface area contributed by atoms with Gasteiger partial charge in [-0.3, -0.25) is 9.79 Å². The van der Waals surface area contributed by atoms with E-state index in [0.717, 1.165) is 0 Å². The first kappa shape index (κ1) is 22.8. The van der Waals surface area contributed by atoms with Crippen molar-refractivity contribution < 1.29 is 14.3 Å². The van der Waals surface area contributed by atoms with Crippen molar-refractivity contribution >= 4 is 23.6 Å². The van der Waals surface area contributed by atoms with E-state index in [-0.39, 0.29) is 12.5 Å². The number of nitrogens with zero attached hydrogens (tertiary/aromatic N) is 1. The number of amides is 2. The lowest BCUT2D eigenvalue weighted by Crippen LogP contribution is -2.42. The van der Waals surface area contributed by atoms with E-state index in [9.17, 15) is 9.59 Å². The third kappa shape index (κ3) is 10.1. The van der Waals surface area contributed by atoms with Gasteiger partial charge in [-0.15, -0.1) is 6.42 Å². The second-order valence-corrected chi connectivity index (χ2v) is 6.91. The highest BCUT2D eigenvalue weighted by molar-refractivity contribution is 5.95. The number of carbonyl (C=O) groups is 2. The fraction of sp³-hybridized carbons (Fsp3) is 0.450. The Kier molecular flexibility index (Phi) is 9.37. The van der Waals surface area contributed by atoms with Gasteiger partial charge in [0.25, 0.3) is 0 Å². The number of guanidine groups is 1. The van der Waals surface area contributed by atoms with Crippen LogP contribution in [0.1, 0.15) is 32.8 Å². The van der Waals surface area contributed by atoms with Gasteiger partial charge in [0.05, 0.1) is 6.54 Å². The van der Waals surface area contributed by atoms with Gasteiger partial charge in [0.1, 0.15) is 5.60 Å². The first-order chi connectivity index (χ1) is 13.2. The zero-order valence-electron chi connectivity index (χ0n) is 16.9. The smallest absolute Gasteiger partial charge is 0.407 e. The van der Waals surface area contributed by atoms with E-state index in [4.69, 9.17) is 11.2 Å². The predicted octanol–water partition coefficient (Wildman–Crippen LogP) is 1.69. The second-order valence-electron chi connectivity index (χ2n) is 6.91. The maximum Gasteiger partial charge on any atom is 0.407 e. The lowest BCUT2D eigenvalue weighted by atomic mass is 10.2. The largest absolute Gasteiger partial charge is 0.444 e. The van der Waals surface area contributed by atoms with E-state index in [1.807, 2.05) is 20.8 Å². The van der Waals surface area contributed by atoms with Crippen LogP contribution < -0.4 is 21.3 Å². The van der Waals surface area contributed by atoms with Crippen molar-refractivity contribution in [1.29, 1.82) is 0 Å². The molecule has 8 heteroatoms. The first-order valence-electron chi connectivity index (χ1n) is 9.01. The Hall–Kier alpha value is -3.21. The van der Waals surface area contributed by atoms with Gasteiger partial charge in [-0.2, -0.15) is 0 Å². The van der Waals surface area contributed by atoms with Crippen LogP contribution in [-0.2, 0) is 9.53 Å². The van der Waals surface area contributed by atoms with Gasteiger partial charge in [0.15, 0.2) is 5.96 Å². The third-order valence-corrected chi connectivity index (χ3v) is 3.27. The molecule has 0 radical (unpaired) electrons. The molecular formula is C20H29N5O3. The molecule has 0 saturated heterocycles. The highest BCUT2D eigenvalue weighted by atomic mass is 16.6. The van der Waals surface area contributed by atoms with Crippen LogP contribution in [0.5, 0.6) is 0 Å². The maximum absolute atomic E-state index is 12.0. The molecule has 0 aliphatic carbocycles. The Morgan fingerprint density at radius 2 is 1.89 bits per heavy atom. The van der Waals surface area contributed by atoms with E-state index in [1.165, 1.54) is 0 Å². The molecule has 0 heterocycles. The average Bonchev–Trinajstić information content (AvgIpc) is 2.62. The van der Waals surface area contributed by atoms with Crippen molar-refractivity contribution in [2.24, 2.45) is 4.99 Å². The molecule has 8 nitrogen and oxygen atoms in total. The van der Waals surface area contributed by atoms with Crippen LogP contribution in [0, 0.1) is 12.3 Å². The topological polar surface area (TPSA) is 104 Å². The van der Waals surface area contributed by atoms with Crippen LogP contribution in [0.15, 0.2) is 29.3 Å². The maximum atomic E-state index is 12.0. The van der Waals surface area contributed by atoms with Gasteiger partial charge >= 0.3 is 6.09 Å². The summed E-state index contributed by atoms with van der Waals surface area (Å²) in [6.45, 7) is 6.52. The molecule has 0 aromatic heterocycles. The van der Waals surface area contributed by atoms with Gasteiger partial charge in [0.2, 0.25) is 5.91 Å². The summed E-state index contributed by atoms with van der Waals surface area (Å²) in [6.07, 6.45) is 5.58. The van der Waals surface area contributed by atoms with Gasteiger partial charge in [-0.05, 0) is 45.4 Å². The van der Waals surface area contributed by atoms with Crippen molar-refractivity contribution in [3.8, 4) is 12.3 Å². The van der Waals surface area contributed by atoms with Crippen molar-refractivity contribution in [2.75, 3.05) is 32.0 Å². The number of ether oxygens (including phenoxy) is 1. The molecule has 0 spiro atoms. The summed E-state index contributed by atoms with van der Waals surface area (Å²) < 4.78 is 5.15. The standard InChI is InChI=1S/C20H29N5O3/c1-6-15-9-7-10-16(13-15)25-17(26)14-24-18(21-5)22-11-8-12-23-19(27)28-20(2,3)4/h1,7,9-10,13H,8,11-12,14H2,2-5H3,(H,23,27)(H,25,26)(H2,21,22,24). The van der Waals surface area contributed by atoms with E-state index in [1.54, 1.807) is 31.3 Å². The first-order valence-corrected chi connectivity index (χ1v) is 9.01. The summed E-state index contributed by atoms with van der Waals surface area (Å²) in [5, 5.41) is 11.4. The van der Waals surface area contributed by atoms with Gasteiger partial charge in [-0.1, -0.05) is 12.0 Å². The number of alkyl carbamates (subject to hydrolysis) is 1. The van der Waals surface area contributed by atoms with Crippen LogP contribution in [0.4, 0.5) is 10.5 Å². The lowest BCUT2D eigenvalue weighted by molar-refractivity contribution is -0.115. The number of carbonyl (C=O) groups excluding carboxylic acids is 2. The predicted molar refractivity (Wildman–Crippen MR) is 111 cm³/mol. The number of benzene rings is 1. The van der Waals surface area contributed by atoms with Crippen LogP contribution in [-0.4, -0.2) is 50.2 Å². The quantitative estimate of drug-likeness (QED) is 0.247. The molecule has 1 aromatic carbocycles. The Morgan fingerprint density at radius 1 is 1.18 bits per heavy atom. The van der Waals surface area contributed by atoms with E-state index >= 15 is 0 Å². The number of hydrogen-bond acceptors (Lipinski definition) is 4. The van der Waals surface area contributed by atoms with Crippen LogP contribution in [0.2, 0.25) is 0 Å². The Balaban J connectivity index is 2.25. The average molecular weight is 387 g/mol. The van der Waals surface area contributed by atoms with Crippen molar-refractivity contribution in [3.63, 3.8) is 0 Å². The number of terminal acetylenes is 1. The highest BCUT2D eigenvalue weighted by Crippen LogP contribution is 2.09. The molecule has 4 N–H and O–H groups in total. The molecule has 0 unspecified atom stereocenters. The zero-order chi connectivity index (χ0) is 21.0. The minimum atomic E-state index is -0.517. The molecule has 0 saturated carbocycles. The number of rotatable bonds is 7. The Labute approximate surface area is 166 Å². The molecule has 1 aromatic rings. The van der Waals surface area contributed by atoms with E-state index in [2.05, 4.69) is 32.2 Å². The number of nitrogens with one attached hydrogen (secondary N) is 4. The highest BCUT2D eigenvalue weighted by Gasteiger charge is 2.15. The summed E-state index contributed by atoms with van der Waals surface area (Å²) in [4.78, 5) is 27.6. The summed E-state index contributed by atoms with van der Waals surface area (Å²) in [5.74, 6) is 2.79. The minimum absolute atomic E-state index is 0.0517. The number of anilines is 1. The van der Waals surface area contributed by atoms with Crippen LogP contribution >= 0.6 is 0 Å². The zero-order valence-corrected chi connectivity index (χ0v) is 16.9. The fourth-order valence-corrected chi connectivity index (χ4v) is 2.08. The normalized spacial score (nSPS) is 11.2. The van der Waals surface area contributed by atoms with Crippen molar-refractivity contribution in [2.45, 2.75) is 32.8 Å². The summed E-state index contributed by atoms with van der Waals surface area (Å²) in [7, 11) is 1.61. The Morgan fingerprint density at radius 3 is 2.54 bits per heavy atom. The Bertz CT molecular complexity index is 732. The number of aliphatic imine (C=N–C) groups is 1. The molecule has 0 aliphatic rings. The van der Waals surface area contributed by atoms with Crippen molar-refractivity contribution in [3.05, 3.63) is 29.8 Å². The summed E-state index contributed by atoms with van der Waals surface area (Å²) in [5.41, 5.74) is 0.818. The van der Waals surface area contributed by atoms with Crippen LogP contribution in [0.3, 0.4) is 0 Å². The molecule has 152 valence electrons. The molecule has 28 heavy (non-hydrogen) atoms. The van der Waals surface area contributed by atoms with Gasteiger partial charge < -0.3 is 26.0 Å². The molecule has 0 aliphatic heterocycles. The van der Waals surface area contributed by atoms with Gasteiger partial charge in [-0.25, -0.2) is 4.79 Å². The third-order valence-electron chi connectivity index (χ3n) is 3.27. The lowest BCUT2D eigenvalue weighted by Gasteiger charge is -2.19. The van der Waals surface area contributed by atoms with E-state index in [0.29, 0.717) is 36.7 Å². The molecule has 0 fully saturated rings. The number of hydrogen-bond donors (Lipinski definition) is 4. The molecule has 0 bridgehead atoms.